The fraction of sp³-hybridized carbons (Fsp3) is 0.0952. The Hall–Kier alpha value is -2.56. The number of carbonyl (C=O) groups is 1. The Morgan fingerprint density at radius 2 is 1.57 bits per heavy atom. The molecule has 0 N–H and O–H groups in total. The molecule has 2 aromatic carbocycles. The van der Waals surface area contributed by atoms with E-state index in [0.717, 1.165) is 22.1 Å². The van der Waals surface area contributed by atoms with E-state index in [9.17, 15) is 14.9 Å². The van der Waals surface area contributed by atoms with Gasteiger partial charge in [0.05, 0.1) is 12.0 Å². The van der Waals surface area contributed by atoms with Crippen LogP contribution in [0, 0.1) is 10.1 Å². The van der Waals surface area contributed by atoms with E-state index < -0.39 is 18.8 Å². The third-order valence-electron chi connectivity index (χ3n) is 4.13. The van der Waals surface area contributed by atoms with Crippen LogP contribution in [-0.4, -0.2) is 18.0 Å². The van der Waals surface area contributed by atoms with Gasteiger partial charge in [0.1, 0.15) is 0 Å². The Kier molecular flexibility index (Phi) is 7.85. The number of allylic oxidation sites excluding steroid dienone is 4. The van der Waals surface area contributed by atoms with Gasteiger partial charge in [-0.1, -0.05) is 72.8 Å². The smallest absolute Gasteiger partial charge is 0.334 e. The van der Waals surface area contributed by atoms with Gasteiger partial charge in [-0.05, 0) is 23.8 Å². The third-order valence-corrected chi connectivity index (χ3v) is 6.68. The van der Waals surface area contributed by atoms with Gasteiger partial charge in [0.2, 0.25) is 6.20 Å². The molecule has 3 rings (SSSR count). The first-order chi connectivity index (χ1) is 13.1. The number of rotatable bonds is 5. The Balaban J connectivity index is 0.00000280. The molecule has 0 aromatic heterocycles. The number of esters is 1. The SMILES string of the molecule is Br.COC(=O)C1=CC=C(P(c2ccccc2)c2ccccc2)C(=C[N+](=O)[O-])C1. The van der Waals surface area contributed by atoms with Crippen LogP contribution >= 0.6 is 24.9 Å². The maximum Gasteiger partial charge on any atom is 0.334 e. The van der Waals surface area contributed by atoms with Crippen LogP contribution < -0.4 is 10.6 Å². The average Bonchev–Trinajstić information content (AvgIpc) is 2.70. The Morgan fingerprint density at radius 1 is 1.04 bits per heavy atom. The lowest BCUT2D eigenvalue weighted by Gasteiger charge is -2.25. The zero-order valence-corrected chi connectivity index (χ0v) is 17.8. The van der Waals surface area contributed by atoms with Crippen molar-refractivity contribution in [1.29, 1.82) is 0 Å². The summed E-state index contributed by atoms with van der Waals surface area (Å²) in [6.07, 6.45) is 4.71. The quantitative estimate of drug-likeness (QED) is 0.290. The molecule has 0 radical (unpaired) electrons. The van der Waals surface area contributed by atoms with Crippen LogP contribution in [0.25, 0.3) is 0 Å². The lowest BCUT2D eigenvalue weighted by molar-refractivity contribution is -0.403. The summed E-state index contributed by atoms with van der Waals surface area (Å²) in [5.41, 5.74) is 0.937. The topological polar surface area (TPSA) is 69.4 Å². The van der Waals surface area contributed by atoms with Gasteiger partial charge in [-0.15, -0.1) is 17.0 Å². The summed E-state index contributed by atoms with van der Waals surface area (Å²) >= 11 is 0. The van der Waals surface area contributed by atoms with Crippen molar-refractivity contribution in [3.05, 3.63) is 106 Å². The molecule has 2 aromatic rings. The summed E-state index contributed by atoms with van der Waals surface area (Å²) in [5, 5.41) is 14.3. The van der Waals surface area contributed by atoms with Crippen molar-refractivity contribution in [3.63, 3.8) is 0 Å². The van der Waals surface area contributed by atoms with Crippen molar-refractivity contribution >= 4 is 41.5 Å². The van der Waals surface area contributed by atoms with Crippen molar-refractivity contribution < 1.29 is 14.5 Å². The molecule has 0 bridgehead atoms. The summed E-state index contributed by atoms with van der Waals surface area (Å²) in [4.78, 5) is 22.7. The van der Waals surface area contributed by atoms with Crippen LogP contribution in [0.4, 0.5) is 0 Å². The zero-order chi connectivity index (χ0) is 19.2. The highest BCUT2D eigenvalue weighted by atomic mass is 79.9. The highest BCUT2D eigenvalue weighted by molar-refractivity contribution is 8.93. The van der Waals surface area contributed by atoms with Gasteiger partial charge in [0, 0.05) is 17.6 Å². The van der Waals surface area contributed by atoms with Crippen LogP contribution in [0.1, 0.15) is 6.42 Å². The largest absolute Gasteiger partial charge is 0.466 e. The molecule has 0 amide bonds. The standard InChI is InChI=1S/C21H18NO4P.BrH/c1-26-21(23)16-12-13-20(17(14-16)15-22(24)25)27(18-8-4-2-5-9-18)19-10-6-3-7-11-19;/h2-13,15H,14H2,1H3;1H. The lowest BCUT2D eigenvalue weighted by Crippen LogP contribution is -2.17. The number of nitro groups is 1. The van der Waals surface area contributed by atoms with E-state index in [1.54, 1.807) is 6.08 Å². The molecule has 1 aliphatic rings. The molecule has 0 saturated carbocycles. The Labute approximate surface area is 175 Å². The van der Waals surface area contributed by atoms with Crippen LogP contribution in [-0.2, 0) is 9.53 Å². The Morgan fingerprint density at radius 3 is 2.04 bits per heavy atom. The normalized spacial score (nSPS) is 14.7. The first kappa shape index (κ1) is 21.7. The molecule has 7 heteroatoms. The monoisotopic (exact) mass is 459 g/mol. The molecule has 0 aliphatic heterocycles. The molecule has 0 saturated heterocycles. The molecule has 0 fully saturated rings. The number of ether oxygens (including phenoxy) is 1. The summed E-state index contributed by atoms with van der Waals surface area (Å²) in [6.45, 7) is 0. The van der Waals surface area contributed by atoms with Gasteiger partial charge in [0.25, 0.3) is 0 Å². The lowest BCUT2D eigenvalue weighted by atomic mass is 10.0. The summed E-state index contributed by atoms with van der Waals surface area (Å²) < 4.78 is 4.78. The number of hydrogen-bond donors (Lipinski definition) is 0. The average molecular weight is 460 g/mol. The van der Waals surface area contributed by atoms with Crippen LogP contribution in [0.2, 0.25) is 0 Å². The summed E-state index contributed by atoms with van der Waals surface area (Å²) in [6, 6.07) is 19.9. The molecular weight excluding hydrogens is 441 g/mol. The van der Waals surface area contributed by atoms with Crippen LogP contribution in [0.15, 0.2) is 95.5 Å². The molecule has 0 atom stereocenters. The second kappa shape index (κ2) is 10.1. The van der Waals surface area contributed by atoms with E-state index in [1.807, 2.05) is 66.7 Å². The van der Waals surface area contributed by atoms with E-state index in [1.165, 1.54) is 7.11 Å². The molecule has 28 heavy (non-hydrogen) atoms. The van der Waals surface area contributed by atoms with E-state index in [-0.39, 0.29) is 23.4 Å². The molecule has 1 aliphatic carbocycles. The van der Waals surface area contributed by atoms with Crippen LogP contribution in [0.5, 0.6) is 0 Å². The predicted molar refractivity (Wildman–Crippen MR) is 117 cm³/mol. The summed E-state index contributed by atoms with van der Waals surface area (Å²) in [5.74, 6) is -0.469. The van der Waals surface area contributed by atoms with E-state index in [0.29, 0.717) is 11.1 Å². The number of nitrogens with zero attached hydrogens (tertiary/aromatic N) is 1. The second-order valence-corrected chi connectivity index (χ2v) is 8.04. The molecule has 144 valence electrons. The van der Waals surface area contributed by atoms with Crippen LogP contribution in [0.3, 0.4) is 0 Å². The first-order valence-corrected chi connectivity index (χ1v) is 9.68. The maximum atomic E-state index is 11.9. The van der Waals surface area contributed by atoms with Gasteiger partial charge in [-0.25, -0.2) is 4.79 Å². The Bertz CT molecular complexity index is 900. The molecular formula is C21H19BrNO4P. The molecule has 0 unspecified atom stereocenters. The van der Waals surface area contributed by atoms with Crippen molar-refractivity contribution in [2.45, 2.75) is 6.42 Å². The van der Waals surface area contributed by atoms with Gasteiger partial charge < -0.3 is 4.74 Å². The molecule has 5 nitrogen and oxygen atoms in total. The fourth-order valence-corrected chi connectivity index (χ4v) is 5.39. The second-order valence-electron chi connectivity index (χ2n) is 5.86. The minimum absolute atomic E-state index is 0. The van der Waals surface area contributed by atoms with Crippen molar-refractivity contribution in [2.24, 2.45) is 0 Å². The number of carbonyl (C=O) groups excluding carboxylic acids is 1. The molecule has 0 spiro atoms. The third kappa shape index (κ3) is 5.03. The highest BCUT2D eigenvalue weighted by Crippen LogP contribution is 2.49. The number of halogens is 1. The first-order valence-electron chi connectivity index (χ1n) is 8.34. The van der Waals surface area contributed by atoms with Crippen molar-refractivity contribution in [3.8, 4) is 0 Å². The van der Waals surface area contributed by atoms with E-state index >= 15 is 0 Å². The summed E-state index contributed by atoms with van der Waals surface area (Å²) in [7, 11) is 0.316. The number of methoxy groups -OCH3 is 1. The molecule has 0 heterocycles. The highest BCUT2D eigenvalue weighted by Gasteiger charge is 2.27. The predicted octanol–water partition coefficient (Wildman–Crippen LogP) is 4.24. The fourth-order valence-electron chi connectivity index (χ4n) is 2.95. The van der Waals surface area contributed by atoms with Gasteiger partial charge >= 0.3 is 5.97 Å². The maximum absolute atomic E-state index is 11.9. The zero-order valence-electron chi connectivity index (χ0n) is 15.1. The number of benzene rings is 2. The van der Waals surface area contributed by atoms with Gasteiger partial charge in [0.15, 0.2) is 0 Å². The minimum atomic E-state index is -0.990. The van der Waals surface area contributed by atoms with E-state index in [2.05, 4.69) is 0 Å². The minimum Gasteiger partial charge on any atom is -0.466 e. The van der Waals surface area contributed by atoms with Gasteiger partial charge in [-0.2, -0.15) is 0 Å². The van der Waals surface area contributed by atoms with E-state index in [4.69, 9.17) is 4.74 Å². The van der Waals surface area contributed by atoms with Crippen molar-refractivity contribution in [1.82, 2.24) is 0 Å². The number of hydrogen-bond acceptors (Lipinski definition) is 4. The van der Waals surface area contributed by atoms with Crippen molar-refractivity contribution in [2.75, 3.05) is 7.11 Å². The van der Waals surface area contributed by atoms with Gasteiger partial charge in [-0.3, -0.25) is 10.1 Å².